The molecule has 1 aliphatic rings. The summed E-state index contributed by atoms with van der Waals surface area (Å²) in [5.74, 6) is -0.136. The molecule has 0 N–H and O–H groups in total. The number of hydrogen-bond acceptors (Lipinski definition) is 3. The third-order valence-electron chi connectivity index (χ3n) is 4.66. The molecule has 0 fully saturated rings. The van der Waals surface area contributed by atoms with E-state index in [-0.39, 0.29) is 11.6 Å². The van der Waals surface area contributed by atoms with Crippen molar-refractivity contribution in [3.63, 3.8) is 0 Å². The summed E-state index contributed by atoms with van der Waals surface area (Å²) >= 11 is 0. The second-order valence-electron chi connectivity index (χ2n) is 7.05. The highest BCUT2D eigenvalue weighted by Gasteiger charge is 2.19. The van der Waals surface area contributed by atoms with Gasteiger partial charge in [-0.2, -0.15) is 0 Å². The van der Waals surface area contributed by atoms with Crippen LogP contribution in [0.3, 0.4) is 0 Å². The summed E-state index contributed by atoms with van der Waals surface area (Å²) in [5.41, 5.74) is 2.40. The van der Waals surface area contributed by atoms with Gasteiger partial charge in [-0.15, -0.1) is 0 Å². The van der Waals surface area contributed by atoms with Crippen LogP contribution in [0.15, 0.2) is 96.2 Å². The molecule has 1 unspecified atom stereocenters. The first kappa shape index (κ1) is 22.3. The number of carbonyl (C=O) groups excluding carboxylic acids is 2. The molecular weight excluding hydrogens is 360 g/mol. The Morgan fingerprint density at radius 2 is 1.76 bits per heavy atom. The summed E-state index contributed by atoms with van der Waals surface area (Å²) < 4.78 is 5.45. The van der Waals surface area contributed by atoms with Gasteiger partial charge in [-0.05, 0) is 38.5 Å². The molecule has 1 atom stereocenters. The van der Waals surface area contributed by atoms with Crippen molar-refractivity contribution in [1.29, 1.82) is 0 Å². The van der Waals surface area contributed by atoms with Gasteiger partial charge in [-0.3, -0.25) is 9.59 Å². The zero-order chi connectivity index (χ0) is 21.3. The van der Waals surface area contributed by atoms with E-state index in [1.807, 2.05) is 69.3 Å². The van der Waals surface area contributed by atoms with Crippen LogP contribution in [0.1, 0.15) is 36.2 Å². The first-order valence-electron chi connectivity index (χ1n) is 9.73. The Bertz CT molecular complexity index is 921. The molecule has 2 rings (SSSR count). The fourth-order valence-electron chi connectivity index (χ4n) is 2.74. The lowest BCUT2D eigenvalue weighted by molar-refractivity contribution is -0.111. The Morgan fingerprint density at radius 1 is 1.07 bits per heavy atom. The van der Waals surface area contributed by atoms with Crippen molar-refractivity contribution < 1.29 is 14.3 Å². The first-order chi connectivity index (χ1) is 13.9. The fraction of sp³-hybridized carbons (Fsp3) is 0.231. The van der Waals surface area contributed by atoms with Crippen LogP contribution in [-0.4, -0.2) is 24.3 Å². The van der Waals surface area contributed by atoms with Crippen molar-refractivity contribution in [3.05, 3.63) is 107 Å². The van der Waals surface area contributed by atoms with Gasteiger partial charge in [0.2, 0.25) is 0 Å². The van der Waals surface area contributed by atoms with Gasteiger partial charge in [0.25, 0.3) is 0 Å². The van der Waals surface area contributed by atoms with E-state index in [2.05, 4.69) is 0 Å². The van der Waals surface area contributed by atoms with Gasteiger partial charge in [0.05, 0.1) is 0 Å². The van der Waals surface area contributed by atoms with Gasteiger partial charge >= 0.3 is 0 Å². The molecule has 0 saturated carbocycles. The van der Waals surface area contributed by atoms with Crippen molar-refractivity contribution in [1.82, 2.24) is 0 Å². The molecule has 29 heavy (non-hydrogen) atoms. The molecule has 0 heterocycles. The molecule has 1 aromatic rings. The minimum absolute atomic E-state index is 0.0670. The minimum Gasteiger partial charge on any atom is -0.370 e. The lowest BCUT2D eigenvalue weighted by Crippen LogP contribution is -2.20. The molecule has 3 heteroatoms. The monoisotopic (exact) mass is 388 g/mol. The van der Waals surface area contributed by atoms with Crippen LogP contribution in [0.2, 0.25) is 0 Å². The highest BCUT2D eigenvalue weighted by molar-refractivity contribution is 6.12. The molecule has 1 aromatic carbocycles. The molecule has 0 spiro atoms. The third-order valence-corrected chi connectivity index (χ3v) is 4.66. The normalized spacial score (nSPS) is 19.6. The molecule has 150 valence electrons. The number of aryl methyl sites for hydroxylation is 1. The van der Waals surface area contributed by atoms with Crippen molar-refractivity contribution in [3.8, 4) is 0 Å². The Labute approximate surface area is 173 Å². The average Bonchev–Trinajstić information content (AvgIpc) is 2.92. The highest BCUT2D eigenvalue weighted by Crippen LogP contribution is 2.20. The fourth-order valence-corrected chi connectivity index (χ4v) is 2.74. The third kappa shape index (κ3) is 6.51. The Kier molecular flexibility index (Phi) is 8.05. The molecule has 1 aliphatic carbocycles. The number of rotatable bonds is 8. The van der Waals surface area contributed by atoms with Crippen LogP contribution >= 0.6 is 0 Å². The van der Waals surface area contributed by atoms with Gasteiger partial charge in [-0.1, -0.05) is 79.3 Å². The van der Waals surface area contributed by atoms with Crippen LogP contribution in [0.25, 0.3) is 0 Å². The largest absolute Gasteiger partial charge is 0.370 e. The topological polar surface area (TPSA) is 43.4 Å². The van der Waals surface area contributed by atoms with Crippen LogP contribution in [-0.2, 0) is 9.53 Å². The van der Waals surface area contributed by atoms with E-state index < -0.39 is 5.60 Å². The average molecular weight is 389 g/mol. The number of Topliss-reactive ketones (excluding diaryl/α,β-unsaturated/α-hetero) is 1. The molecule has 0 aromatic heterocycles. The second kappa shape index (κ2) is 10.5. The summed E-state index contributed by atoms with van der Waals surface area (Å²) in [5, 5.41) is 0. The quantitative estimate of drug-likeness (QED) is 0.328. The molecule has 0 bridgehead atoms. The van der Waals surface area contributed by atoms with E-state index in [4.69, 9.17) is 4.74 Å². The maximum absolute atomic E-state index is 12.9. The van der Waals surface area contributed by atoms with Crippen molar-refractivity contribution in [2.45, 2.75) is 32.8 Å². The predicted octanol–water partition coefficient (Wildman–Crippen LogP) is 5.65. The van der Waals surface area contributed by atoms with Gasteiger partial charge in [0.15, 0.2) is 11.6 Å². The predicted molar refractivity (Wildman–Crippen MR) is 119 cm³/mol. The number of carbonyl (C=O) groups is 2. The highest BCUT2D eigenvalue weighted by atomic mass is 16.5. The van der Waals surface area contributed by atoms with E-state index in [0.29, 0.717) is 16.7 Å². The van der Waals surface area contributed by atoms with Crippen LogP contribution < -0.4 is 0 Å². The minimum atomic E-state index is -0.526. The standard InChI is InChI=1S/C26H28O3/c1-5-9-22(25(28)23-11-8-18-26(3,29-4)19-17-23)10-6-7-12-24(27)21-15-13-20(2)14-16-21/h6-19H,5H2,1-4H3/b10-6-,12-7+,22-9+. The molecule has 0 radical (unpaired) electrons. The molecule has 0 amide bonds. The van der Waals surface area contributed by atoms with Gasteiger partial charge in [0, 0.05) is 23.8 Å². The molecule has 0 saturated heterocycles. The summed E-state index contributed by atoms with van der Waals surface area (Å²) in [6.45, 7) is 5.90. The Hall–Kier alpha value is -3.04. The van der Waals surface area contributed by atoms with Crippen molar-refractivity contribution >= 4 is 11.6 Å². The maximum atomic E-state index is 12.9. The maximum Gasteiger partial charge on any atom is 0.192 e. The van der Waals surface area contributed by atoms with Crippen LogP contribution in [0.5, 0.6) is 0 Å². The number of ketones is 2. The molecule has 3 nitrogen and oxygen atoms in total. The Balaban J connectivity index is 2.10. The van der Waals surface area contributed by atoms with E-state index in [1.165, 1.54) is 6.08 Å². The number of ether oxygens (including phenoxy) is 1. The summed E-state index contributed by atoms with van der Waals surface area (Å²) in [4.78, 5) is 25.1. The van der Waals surface area contributed by atoms with E-state index in [9.17, 15) is 9.59 Å². The number of methoxy groups -OCH3 is 1. The SMILES string of the molecule is CC\C=C(/C=C\C=C\C(=O)c1ccc(C)cc1)C(=O)C1=CC=CC(C)(OC)C=C1. The lowest BCUT2D eigenvalue weighted by Gasteiger charge is -2.18. The summed E-state index contributed by atoms with van der Waals surface area (Å²) in [6.07, 6.45) is 18.4. The summed E-state index contributed by atoms with van der Waals surface area (Å²) in [7, 11) is 1.64. The van der Waals surface area contributed by atoms with E-state index in [1.54, 1.807) is 37.5 Å². The number of benzene rings is 1. The van der Waals surface area contributed by atoms with Crippen molar-refractivity contribution in [2.24, 2.45) is 0 Å². The zero-order valence-corrected chi connectivity index (χ0v) is 17.5. The van der Waals surface area contributed by atoms with Crippen LogP contribution in [0, 0.1) is 6.92 Å². The summed E-state index contributed by atoms with van der Waals surface area (Å²) in [6, 6.07) is 7.44. The lowest BCUT2D eigenvalue weighted by atomic mass is 10.00. The van der Waals surface area contributed by atoms with Gasteiger partial charge < -0.3 is 4.74 Å². The van der Waals surface area contributed by atoms with Gasteiger partial charge in [-0.25, -0.2) is 0 Å². The number of allylic oxidation sites excluding steroid dienone is 10. The van der Waals surface area contributed by atoms with Crippen molar-refractivity contribution in [2.75, 3.05) is 7.11 Å². The van der Waals surface area contributed by atoms with Crippen LogP contribution in [0.4, 0.5) is 0 Å². The Morgan fingerprint density at radius 3 is 2.41 bits per heavy atom. The van der Waals surface area contributed by atoms with E-state index >= 15 is 0 Å². The molecular formula is C26H28O3. The van der Waals surface area contributed by atoms with E-state index in [0.717, 1.165) is 12.0 Å². The molecule has 0 aliphatic heterocycles. The second-order valence-corrected chi connectivity index (χ2v) is 7.05. The van der Waals surface area contributed by atoms with Gasteiger partial charge in [0.1, 0.15) is 5.60 Å². The smallest absolute Gasteiger partial charge is 0.192 e. The zero-order valence-electron chi connectivity index (χ0n) is 17.5. The number of hydrogen-bond donors (Lipinski definition) is 0. The first-order valence-corrected chi connectivity index (χ1v) is 9.73.